The quantitative estimate of drug-likeness (QED) is 0.810. The molecule has 0 radical (unpaired) electrons. The van der Waals surface area contributed by atoms with Crippen LogP contribution in [-0.2, 0) is 10.2 Å². The standard InChI is InChI=1S/C17H27NO3/c1-6-18-17(5,15(19)20)10-11-21-14-9-7-8-13(12-14)16(2,3)4/h7-9,12,18H,6,10-11H2,1-5H3,(H,19,20). The molecule has 1 unspecified atom stereocenters. The minimum absolute atomic E-state index is 0.0682. The number of rotatable bonds is 7. The van der Waals surface area contributed by atoms with Crippen molar-refractivity contribution in [2.45, 2.75) is 52.0 Å². The Labute approximate surface area is 127 Å². The van der Waals surface area contributed by atoms with Crippen molar-refractivity contribution in [3.05, 3.63) is 29.8 Å². The smallest absolute Gasteiger partial charge is 0.323 e. The van der Waals surface area contributed by atoms with Gasteiger partial charge in [-0.2, -0.15) is 0 Å². The van der Waals surface area contributed by atoms with E-state index in [2.05, 4.69) is 32.2 Å². The molecule has 0 amide bonds. The normalized spacial score (nSPS) is 14.5. The van der Waals surface area contributed by atoms with Crippen molar-refractivity contribution in [3.63, 3.8) is 0 Å². The Hall–Kier alpha value is -1.55. The van der Waals surface area contributed by atoms with E-state index in [0.29, 0.717) is 19.6 Å². The zero-order valence-electron chi connectivity index (χ0n) is 13.7. The predicted molar refractivity (Wildman–Crippen MR) is 85.0 cm³/mol. The first-order valence-corrected chi connectivity index (χ1v) is 7.41. The van der Waals surface area contributed by atoms with E-state index in [0.717, 1.165) is 5.75 Å². The van der Waals surface area contributed by atoms with Gasteiger partial charge in [0, 0.05) is 6.42 Å². The molecule has 1 aromatic rings. The second kappa shape index (κ2) is 6.94. The molecule has 1 rings (SSSR count). The zero-order chi connectivity index (χ0) is 16.1. The molecule has 2 N–H and O–H groups in total. The van der Waals surface area contributed by atoms with Crippen molar-refractivity contribution >= 4 is 5.97 Å². The van der Waals surface area contributed by atoms with Gasteiger partial charge in [-0.25, -0.2) is 0 Å². The van der Waals surface area contributed by atoms with Crippen LogP contribution in [0.4, 0.5) is 0 Å². The fraction of sp³-hybridized carbons (Fsp3) is 0.588. The molecule has 1 atom stereocenters. The molecule has 118 valence electrons. The highest BCUT2D eigenvalue weighted by molar-refractivity contribution is 5.78. The third-order valence-electron chi connectivity index (χ3n) is 3.61. The van der Waals surface area contributed by atoms with Crippen LogP contribution in [0.25, 0.3) is 0 Å². The molecule has 21 heavy (non-hydrogen) atoms. The Morgan fingerprint density at radius 3 is 2.48 bits per heavy atom. The number of aliphatic carboxylic acids is 1. The lowest BCUT2D eigenvalue weighted by molar-refractivity contribution is -0.144. The predicted octanol–water partition coefficient (Wildman–Crippen LogP) is 3.21. The minimum atomic E-state index is -0.948. The van der Waals surface area contributed by atoms with E-state index in [4.69, 9.17) is 4.74 Å². The van der Waals surface area contributed by atoms with Gasteiger partial charge in [-0.15, -0.1) is 0 Å². The Balaban J connectivity index is 2.66. The van der Waals surface area contributed by atoms with E-state index in [1.807, 2.05) is 25.1 Å². The van der Waals surface area contributed by atoms with Crippen LogP contribution in [0, 0.1) is 0 Å². The first-order valence-electron chi connectivity index (χ1n) is 7.41. The van der Waals surface area contributed by atoms with Gasteiger partial charge in [0.25, 0.3) is 0 Å². The largest absolute Gasteiger partial charge is 0.493 e. The van der Waals surface area contributed by atoms with Gasteiger partial charge in [0.2, 0.25) is 0 Å². The Kier molecular flexibility index (Phi) is 5.78. The Bertz CT molecular complexity index is 479. The molecule has 4 nitrogen and oxygen atoms in total. The number of hydrogen-bond donors (Lipinski definition) is 2. The summed E-state index contributed by atoms with van der Waals surface area (Å²) in [5.41, 5.74) is 0.322. The third-order valence-corrected chi connectivity index (χ3v) is 3.61. The topological polar surface area (TPSA) is 58.6 Å². The van der Waals surface area contributed by atoms with Crippen LogP contribution in [-0.4, -0.2) is 29.8 Å². The number of nitrogens with one attached hydrogen (secondary N) is 1. The van der Waals surface area contributed by atoms with Crippen molar-refractivity contribution in [2.24, 2.45) is 0 Å². The van der Waals surface area contributed by atoms with Crippen LogP contribution in [0.3, 0.4) is 0 Å². The highest BCUT2D eigenvalue weighted by Crippen LogP contribution is 2.25. The summed E-state index contributed by atoms with van der Waals surface area (Å²) in [6, 6.07) is 7.97. The maximum atomic E-state index is 11.3. The SMILES string of the molecule is CCNC(C)(CCOc1cccc(C(C)(C)C)c1)C(=O)O. The summed E-state index contributed by atoms with van der Waals surface area (Å²) in [5, 5.41) is 12.3. The fourth-order valence-electron chi connectivity index (χ4n) is 2.09. The lowest BCUT2D eigenvalue weighted by Gasteiger charge is -2.26. The summed E-state index contributed by atoms with van der Waals surface area (Å²) >= 11 is 0. The number of ether oxygens (including phenoxy) is 1. The van der Waals surface area contributed by atoms with Crippen molar-refractivity contribution in [3.8, 4) is 5.75 Å². The maximum Gasteiger partial charge on any atom is 0.323 e. The molecule has 0 fully saturated rings. The molecule has 0 aromatic heterocycles. The lowest BCUT2D eigenvalue weighted by Crippen LogP contribution is -2.50. The summed E-state index contributed by atoms with van der Waals surface area (Å²) in [6.07, 6.45) is 0.413. The van der Waals surface area contributed by atoms with Crippen LogP contribution in [0.5, 0.6) is 5.75 Å². The van der Waals surface area contributed by atoms with E-state index in [1.54, 1.807) is 6.92 Å². The monoisotopic (exact) mass is 293 g/mol. The van der Waals surface area contributed by atoms with Gasteiger partial charge in [0.05, 0.1) is 6.61 Å². The van der Waals surface area contributed by atoms with Crippen molar-refractivity contribution in [1.29, 1.82) is 0 Å². The van der Waals surface area contributed by atoms with E-state index in [1.165, 1.54) is 5.56 Å². The second-order valence-corrected chi connectivity index (χ2v) is 6.54. The van der Waals surface area contributed by atoms with Crippen LogP contribution < -0.4 is 10.1 Å². The van der Waals surface area contributed by atoms with Crippen LogP contribution >= 0.6 is 0 Å². The van der Waals surface area contributed by atoms with Crippen LogP contribution in [0.2, 0.25) is 0 Å². The summed E-state index contributed by atoms with van der Waals surface area (Å²) in [4.78, 5) is 11.3. The number of likely N-dealkylation sites (N-methyl/N-ethyl adjacent to an activating group) is 1. The van der Waals surface area contributed by atoms with Gasteiger partial charge in [-0.1, -0.05) is 39.8 Å². The summed E-state index contributed by atoms with van der Waals surface area (Å²) < 4.78 is 5.73. The molecule has 0 saturated heterocycles. The molecule has 0 heterocycles. The van der Waals surface area contributed by atoms with E-state index in [9.17, 15) is 9.90 Å². The lowest BCUT2D eigenvalue weighted by atomic mass is 9.87. The van der Waals surface area contributed by atoms with Crippen molar-refractivity contribution < 1.29 is 14.6 Å². The fourth-order valence-corrected chi connectivity index (χ4v) is 2.09. The number of benzene rings is 1. The molecule has 0 saturated carbocycles. The molecule has 0 bridgehead atoms. The minimum Gasteiger partial charge on any atom is -0.493 e. The average molecular weight is 293 g/mol. The zero-order valence-corrected chi connectivity index (χ0v) is 13.7. The van der Waals surface area contributed by atoms with Gasteiger partial charge in [-0.05, 0) is 36.6 Å². The molecule has 0 aliphatic rings. The summed E-state index contributed by atoms with van der Waals surface area (Å²) in [5.74, 6) is -0.0666. The van der Waals surface area contributed by atoms with E-state index >= 15 is 0 Å². The molecule has 0 spiro atoms. The molecular weight excluding hydrogens is 266 g/mol. The third kappa shape index (κ3) is 5.05. The van der Waals surface area contributed by atoms with E-state index < -0.39 is 11.5 Å². The molecule has 0 aliphatic carbocycles. The highest BCUT2D eigenvalue weighted by Gasteiger charge is 2.31. The maximum absolute atomic E-state index is 11.3. The van der Waals surface area contributed by atoms with Crippen LogP contribution in [0.15, 0.2) is 24.3 Å². The second-order valence-electron chi connectivity index (χ2n) is 6.54. The van der Waals surface area contributed by atoms with Gasteiger partial charge in [0.1, 0.15) is 11.3 Å². The highest BCUT2D eigenvalue weighted by atomic mass is 16.5. The van der Waals surface area contributed by atoms with E-state index in [-0.39, 0.29) is 5.41 Å². The number of carboxylic acid groups (broad SMARTS) is 1. The number of carbonyl (C=O) groups is 1. The first kappa shape index (κ1) is 17.5. The number of hydrogen-bond acceptors (Lipinski definition) is 3. The Morgan fingerprint density at radius 1 is 1.29 bits per heavy atom. The molecular formula is C17H27NO3. The van der Waals surface area contributed by atoms with Crippen molar-refractivity contribution in [1.82, 2.24) is 5.32 Å². The molecule has 0 aliphatic heterocycles. The van der Waals surface area contributed by atoms with Gasteiger partial charge >= 0.3 is 5.97 Å². The van der Waals surface area contributed by atoms with Gasteiger partial charge < -0.3 is 15.2 Å². The van der Waals surface area contributed by atoms with Crippen LogP contribution in [0.1, 0.15) is 46.6 Å². The van der Waals surface area contributed by atoms with Crippen molar-refractivity contribution in [2.75, 3.05) is 13.2 Å². The molecule has 4 heteroatoms. The summed E-state index contributed by atoms with van der Waals surface area (Å²) in [7, 11) is 0. The number of carboxylic acids is 1. The molecule has 1 aromatic carbocycles. The Morgan fingerprint density at radius 2 is 1.95 bits per heavy atom. The first-order chi connectivity index (χ1) is 9.69. The average Bonchev–Trinajstić information content (AvgIpc) is 2.38. The van der Waals surface area contributed by atoms with Gasteiger partial charge in [-0.3, -0.25) is 4.79 Å². The van der Waals surface area contributed by atoms with Gasteiger partial charge in [0.15, 0.2) is 0 Å². The summed E-state index contributed by atoms with van der Waals surface area (Å²) in [6.45, 7) is 11.0.